The normalized spacial score (nSPS) is 13.1. The number of aromatic nitrogens is 2. The Morgan fingerprint density at radius 2 is 2.11 bits per heavy atom. The van der Waals surface area contributed by atoms with Crippen LogP contribution in [0.4, 0.5) is 0 Å². The number of esters is 1. The lowest BCUT2D eigenvalue weighted by Crippen LogP contribution is -2.28. The molecule has 0 saturated carbocycles. The van der Waals surface area contributed by atoms with Crippen LogP contribution in [0.5, 0.6) is 0 Å². The van der Waals surface area contributed by atoms with Crippen LogP contribution in [0.25, 0.3) is 0 Å². The van der Waals surface area contributed by atoms with E-state index in [1.165, 1.54) is 0 Å². The Kier molecular flexibility index (Phi) is 4.69. The van der Waals surface area contributed by atoms with Crippen molar-refractivity contribution in [2.75, 3.05) is 0 Å². The topological polar surface area (TPSA) is 81.4 Å². The zero-order valence-electron chi connectivity index (χ0n) is 11.7. The SMILES string of the molecule is Cn1nccc1CC(CC(=O)OC(C)(C)C)C(=O)O. The first-order valence-corrected chi connectivity index (χ1v) is 6.10. The van der Waals surface area contributed by atoms with Gasteiger partial charge >= 0.3 is 11.9 Å². The van der Waals surface area contributed by atoms with Crippen LogP contribution in [0, 0.1) is 5.92 Å². The molecule has 0 amide bonds. The first-order chi connectivity index (χ1) is 8.69. The van der Waals surface area contributed by atoms with Gasteiger partial charge in [-0.05, 0) is 26.8 Å². The molecule has 19 heavy (non-hydrogen) atoms. The molecule has 6 heteroatoms. The van der Waals surface area contributed by atoms with Crippen molar-refractivity contribution >= 4 is 11.9 Å². The van der Waals surface area contributed by atoms with Gasteiger partial charge in [0.25, 0.3) is 0 Å². The summed E-state index contributed by atoms with van der Waals surface area (Å²) in [7, 11) is 1.74. The molecule has 1 atom stereocenters. The van der Waals surface area contributed by atoms with Gasteiger partial charge < -0.3 is 9.84 Å². The van der Waals surface area contributed by atoms with Crippen LogP contribution in [0.15, 0.2) is 12.3 Å². The second kappa shape index (κ2) is 5.86. The molecule has 0 aliphatic heterocycles. The van der Waals surface area contributed by atoms with Crippen LogP contribution in [-0.4, -0.2) is 32.4 Å². The highest BCUT2D eigenvalue weighted by Gasteiger charge is 2.26. The summed E-state index contributed by atoms with van der Waals surface area (Å²) < 4.78 is 6.75. The molecule has 0 aliphatic carbocycles. The zero-order valence-corrected chi connectivity index (χ0v) is 11.7. The predicted molar refractivity (Wildman–Crippen MR) is 68.5 cm³/mol. The van der Waals surface area contributed by atoms with E-state index in [1.54, 1.807) is 44.8 Å². The lowest BCUT2D eigenvalue weighted by atomic mass is 9.99. The van der Waals surface area contributed by atoms with Crippen LogP contribution in [-0.2, 0) is 27.8 Å². The highest BCUT2D eigenvalue weighted by atomic mass is 16.6. The predicted octanol–water partition coefficient (Wildman–Crippen LogP) is 1.40. The second-order valence-corrected chi connectivity index (χ2v) is 5.48. The molecule has 0 aliphatic rings. The molecule has 0 radical (unpaired) electrons. The molecule has 1 heterocycles. The molecule has 0 fully saturated rings. The van der Waals surface area contributed by atoms with Crippen LogP contribution < -0.4 is 0 Å². The molecule has 0 aromatic carbocycles. The quantitative estimate of drug-likeness (QED) is 0.816. The fourth-order valence-electron chi connectivity index (χ4n) is 1.69. The van der Waals surface area contributed by atoms with E-state index in [0.717, 1.165) is 5.69 Å². The van der Waals surface area contributed by atoms with E-state index in [9.17, 15) is 14.7 Å². The second-order valence-electron chi connectivity index (χ2n) is 5.48. The summed E-state index contributed by atoms with van der Waals surface area (Å²) >= 11 is 0. The van der Waals surface area contributed by atoms with Gasteiger partial charge in [0.15, 0.2) is 0 Å². The minimum atomic E-state index is -1.01. The van der Waals surface area contributed by atoms with E-state index >= 15 is 0 Å². The Morgan fingerprint density at radius 1 is 1.47 bits per heavy atom. The summed E-state index contributed by atoms with van der Waals surface area (Å²) in [5.74, 6) is -2.31. The number of aliphatic carboxylic acids is 1. The van der Waals surface area contributed by atoms with Crippen molar-refractivity contribution in [3.05, 3.63) is 18.0 Å². The Labute approximate surface area is 112 Å². The van der Waals surface area contributed by atoms with Crippen molar-refractivity contribution in [2.24, 2.45) is 13.0 Å². The molecule has 0 spiro atoms. The Bertz CT molecular complexity index is 459. The summed E-state index contributed by atoms with van der Waals surface area (Å²) in [6.45, 7) is 5.26. The highest BCUT2D eigenvalue weighted by molar-refractivity contribution is 5.79. The average molecular weight is 268 g/mol. The molecule has 0 bridgehead atoms. The fraction of sp³-hybridized carbons (Fsp3) is 0.615. The van der Waals surface area contributed by atoms with Gasteiger partial charge in [-0.15, -0.1) is 0 Å². The van der Waals surface area contributed by atoms with Gasteiger partial charge in [0.1, 0.15) is 5.60 Å². The Hall–Kier alpha value is -1.85. The van der Waals surface area contributed by atoms with Crippen molar-refractivity contribution < 1.29 is 19.4 Å². The Morgan fingerprint density at radius 3 is 2.53 bits per heavy atom. The van der Waals surface area contributed by atoms with E-state index in [4.69, 9.17) is 4.74 Å². The minimum absolute atomic E-state index is 0.141. The smallest absolute Gasteiger partial charge is 0.307 e. The standard InChI is InChI=1S/C13H20N2O4/c1-13(2,3)19-11(16)8-9(12(17)18)7-10-5-6-14-15(10)4/h5-6,9H,7-8H2,1-4H3,(H,17,18). The van der Waals surface area contributed by atoms with E-state index < -0.39 is 23.5 Å². The number of ether oxygens (including phenoxy) is 1. The van der Waals surface area contributed by atoms with Crippen molar-refractivity contribution in [1.29, 1.82) is 0 Å². The highest BCUT2D eigenvalue weighted by Crippen LogP contribution is 2.16. The molecule has 1 aromatic heterocycles. The number of carboxylic acids is 1. The molecule has 106 valence electrons. The van der Waals surface area contributed by atoms with E-state index in [1.807, 2.05) is 0 Å². The number of carbonyl (C=O) groups excluding carboxylic acids is 1. The third-order valence-corrected chi connectivity index (χ3v) is 2.56. The van der Waals surface area contributed by atoms with Crippen molar-refractivity contribution in [2.45, 2.75) is 39.2 Å². The number of nitrogens with zero attached hydrogens (tertiary/aromatic N) is 2. The molecular weight excluding hydrogens is 248 g/mol. The van der Waals surface area contributed by atoms with E-state index in [0.29, 0.717) is 0 Å². The number of hydrogen-bond acceptors (Lipinski definition) is 4. The monoisotopic (exact) mass is 268 g/mol. The molecule has 1 N–H and O–H groups in total. The minimum Gasteiger partial charge on any atom is -0.481 e. The lowest BCUT2D eigenvalue weighted by molar-refractivity contribution is -0.159. The number of rotatable bonds is 5. The molecule has 1 rings (SSSR count). The molecule has 1 unspecified atom stereocenters. The zero-order chi connectivity index (χ0) is 14.6. The van der Waals surface area contributed by atoms with Crippen LogP contribution in [0.2, 0.25) is 0 Å². The third-order valence-electron chi connectivity index (χ3n) is 2.56. The van der Waals surface area contributed by atoms with Gasteiger partial charge in [0.05, 0.1) is 12.3 Å². The fourth-order valence-corrected chi connectivity index (χ4v) is 1.69. The van der Waals surface area contributed by atoms with Gasteiger partial charge in [0, 0.05) is 25.4 Å². The van der Waals surface area contributed by atoms with Crippen molar-refractivity contribution in [3.8, 4) is 0 Å². The summed E-state index contributed by atoms with van der Waals surface area (Å²) in [6.07, 6.45) is 1.71. The molecule has 6 nitrogen and oxygen atoms in total. The number of carboxylic acid groups (broad SMARTS) is 1. The van der Waals surface area contributed by atoms with Gasteiger partial charge in [0.2, 0.25) is 0 Å². The van der Waals surface area contributed by atoms with Crippen molar-refractivity contribution in [3.63, 3.8) is 0 Å². The number of aryl methyl sites for hydroxylation is 1. The van der Waals surface area contributed by atoms with Crippen LogP contribution in [0.3, 0.4) is 0 Å². The first kappa shape index (κ1) is 15.2. The third kappa shape index (κ3) is 5.11. The van der Waals surface area contributed by atoms with Gasteiger partial charge in [-0.2, -0.15) is 5.10 Å². The number of carbonyl (C=O) groups is 2. The van der Waals surface area contributed by atoms with E-state index in [2.05, 4.69) is 5.10 Å². The maximum atomic E-state index is 11.7. The molecule has 0 saturated heterocycles. The Balaban J connectivity index is 2.67. The maximum absolute atomic E-state index is 11.7. The first-order valence-electron chi connectivity index (χ1n) is 6.10. The lowest BCUT2D eigenvalue weighted by Gasteiger charge is -2.21. The summed E-state index contributed by atoms with van der Waals surface area (Å²) in [6, 6.07) is 1.74. The maximum Gasteiger partial charge on any atom is 0.307 e. The summed E-state index contributed by atoms with van der Waals surface area (Å²) in [4.78, 5) is 22.9. The van der Waals surface area contributed by atoms with E-state index in [-0.39, 0.29) is 12.8 Å². The van der Waals surface area contributed by atoms with Crippen LogP contribution >= 0.6 is 0 Å². The molecular formula is C13H20N2O4. The van der Waals surface area contributed by atoms with Gasteiger partial charge in [-0.1, -0.05) is 0 Å². The number of hydrogen-bond donors (Lipinski definition) is 1. The van der Waals surface area contributed by atoms with Gasteiger partial charge in [-0.3, -0.25) is 14.3 Å². The van der Waals surface area contributed by atoms with Gasteiger partial charge in [-0.25, -0.2) is 0 Å². The average Bonchev–Trinajstić information content (AvgIpc) is 2.60. The molecule has 1 aromatic rings. The summed E-state index contributed by atoms with van der Waals surface area (Å²) in [5.41, 5.74) is 0.170. The van der Waals surface area contributed by atoms with Crippen LogP contribution in [0.1, 0.15) is 32.9 Å². The largest absolute Gasteiger partial charge is 0.481 e. The van der Waals surface area contributed by atoms with Crippen molar-refractivity contribution in [1.82, 2.24) is 9.78 Å². The summed E-state index contributed by atoms with van der Waals surface area (Å²) in [5, 5.41) is 13.1.